The van der Waals surface area contributed by atoms with Gasteiger partial charge in [-0.1, -0.05) is 36.4 Å². The Bertz CT molecular complexity index is 866. The highest BCUT2D eigenvalue weighted by molar-refractivity contribution is 5.74. The van der Waals surface area contributed by atoms with E-state index in [1.165, 1.54) is 0 Å². The van der Waals surface area contributed by atoms with Crippen molar-refractivity contribution in [2.45, 2.75) is 19.3 Å². The molecule has 0 radical (unpaired) electrons. The van der Waals surface area contributed by atoms with Gasteiger partial charge in [0, 0.05) is 11.5 Å². The van der Waals surface area contributed by atoms with E-state index in [0.29, 0.717) is 12.4 Å². The Morgan fingerprint density at radius 3 is 2.68 bits per heavy atom. The molecular formula is C20H18N2O3. The van der Waals surface area contributed by atoms with E-state index in [0.717, 1.165) is 16.7 Å². The van der Waals surface area contributed by atoms with Crippen LogP contribution in [0.4, 0.5) is 0 Å². The molecule has 1 heterocycles. The summed E-state index contributed by atoms with van der Waals surface area (Å²) < 4.78 is 10.6. The van der Waals surface area contributed by atoms with Crippen LogP contribution in [0.3, 0.4) is 0 Å². The molecule has 2 N–H and O–H groups in total. The second-order valence-corrected chi connectivity index (χ2v) is 5.67. The van der Waals surface area contributed by atoms with E-state index in [9.17, 15) is 10.1 Å². The van der Waals surface area contributed by atoms with Crippen LogP contribution >= 0.6 is 0 Å². The van der Waals surface area contributed by atoms with Crippen molar-refractivity contribution >= 4 is 5.97 Å². The van der Waals surface area contributed by atoms with Gasteiger partial charge in [-0.05, 0) is 30.2 Å². The molecular weight excluding hydrogens is 316 g/mol. The zero-order chi connectivity index (χ0) is 17.8. The molecule has 2 aromatic carbocycles. The summed E-state index contributed by atoms with van der Waals surface area (Å²) in [6.45, 7) is 2.04. The Morgan fingerprint density at radius 2 is 2.00 bits per heavy atom. The minimum atomic E-state index is -0.475. The number of ether oxygens (including phenoxy) is 2. The number of allylic oxidation sites excluding steroid dienone is 1. The number of benzene rings is 2. The predicted octanol–water partition coefficient (Wildman–Crippen LogP) is 3.48. The third-order valence-electron chi connectivity index (χ3n) is 4.12. The van der Waals surface area contributed by atoms with Gasteiger partial charge in [0.05, 0.1) is 18.6 Å². The zero-order valence-electron chi connectivity index (χ0n) is 13.9. The molecule has 5 heteroatoms. The van der Waals surface area contributed by atoms with E-state index in [-0.39, 0.29) is 23.8 Å². The summed E-state index contributed by atoms with van der Waals surface area (Å²) in [5.41, 5.74) is 8.92. The molecule has 1 aliphatic heterocycles. The van der Waals surface area contributed by atoms with Crippen LogP contribution in [0.25, 0.3) is 11.1 Å². The predicted molar refractivity (Wildman–Crippen MR) is 93.3 cm³/mol. The zero-order valence-corrected chi connectivity index (χ0v) is 13.9. The first kappa shape index (κ1) is 16.6. The number of esters is 1. The maximum Gasteiger partial charge on any atom is 0.306 e. The average Bonchev–Trinajstić information content (AvgIpc) is 2.62. The van der Waals surface area contributed by atoms with E-state index in [4.69, 9.17) is 15.2 Å². The highest BCUT2D eigenvalue weighted by Gasteiger charge is 2.31. The lowest BCUT2D eigenvalue weighted by Crippen LogP contribution is -2.22. The van der Waals surface area contributed by atoms with Crippen molar-refractivity contribution in [3.8, 4) is 22.9 Å². The largest absolute Gasteiger partial charge is 0.466 e. The molecule has 0 bridgehead atoms. The fourth-order valence-electron chi connectivity index (χ4n) is 2.96. The van der Waals surface area contributed by atoms with Gasteiger partial charge in [-0.3, -0.25) is 4.79 Å². The van der Waals surface area contributed by atoms with Gasteiger partial charge in [-0.2, -0.15) is 5.26 Å². The maximum atomic E-state index is 12.0. The van der Waals surface area contributed by atoms with Gasteiger partial charge in [-0.25, -0.2) is 0 Å². The highest BCUT2D eigenvalue weighted by atomic mass is 16.5. The van der Waals surface area contributed by atoms with Gasteiger partial charge >= 0.3 is 5.97 Å². The molecule has 0 amide bonds. The van der Waals surface area contributed by atoms with Gasteiger partial charge in [0.2, 0.25) is 5.88 Å². The third-order valence-corrected chi connectivity index (χ3v) is 4.12. The van der Waals surface area contributed by atoms with E-state index in [2.05, 4.69) is 6.07 Å². The number of hydrogen-bond acceptors (Lipinski definition) is 5. The van der Waals surface area contributed by atoms with Crippen LogP contribution in [-0.4, -0.2) is 12.6 Å². The number of nitrogens with zero attached hydrogens (tertiary/aromatic N) is 1. The van der Waals surface area contributed by atoms with E-state index in [1.54, 1.807) is 6.92 Å². The molecule has 0 saturated carbocycles. The van der Waals surface area contributed by atoms with Crippen LogP contribution in [0, 0.1) is 11.3 Å². The van der Waals surface area contributed by atoms with Crippen LogP contribution in [-0.2, 0) is 9.53 Å². The lowest BCUT2D eigenvalue weighted by molar-refractivity contribution is -0.143. The minimum absolute atomic E-state index is 0.0387. The van der Waals surface area contributed by atoms with E-state index in [1.807, 2.05) is 48.5 Å². The molecule has 0 aliphatic carbocycles. The van der Waals surface area contributed by atoms with Crippen LogP contribution in [0.2, 0.25) is 0 Å². The monoisotopic (exact) mass is 334 g/mol. The SMILES string of the molecule is CCOC(=O)CC1C(C#N)=C(N)Oc2ccc(-c3ccccc3)cc21. The van der Waals surface area contributed by atoms with Gasteiger partial charge in [0.15, 0.2) is 0 Å². The van der Waals surface area contributed by atoms with Gasteiger partial charge in [0.25, 0.3) is 0 Å². The number of nitrogens with two attached hydrogens (primary N) is 1. The number of carbonyl (C=O) groups excluding carboxylic acids is 1. The molecule has 2 aromatic rings. The van der Waals surface area contributed by atoms with Crippen molar-refractivity contribution in [1.29, 1.82) is 5.26 Å². The van der Waals surface area contributed by atoms with Crippen molar-refractivity contribution in [2.75, 3.05) is 6.61 Å². The Balaban J connectivity index is 2.05. The molecule has 126 valence electrons. The quantitative estimate of drug-likeness (QED) is 0.865. The van der Waals surface area contributed by atoms with Crippen molar-refractivity contribution < 1.29 is 14.3 Å². The lowest BCUT2D eigenvalue weighted by Gasteiger charge is -2.26. The summed E-state index contributed by atoms with van der Waals surface area (Å²) in [4.78, 5) is 12.0. The highest BCUT2D eigenvalue weighted by Crippen LogP contribution is 2.41. The van der Waals surface area contributed by atoms with Gasteiger partial charge in [0.1, 0.15) is 11.8 Å². The Hall–Kier alpha value is -3.26. The third kappa shape index (κ3) is 3.33. The number of rotatable bonds is 4. The first-order valence-electron chi connectivity index (χ1n) is 8.06. The standard InChI is InChI=1S/C20H18N2O3/c1-2-24-19(23)11-15-16-10-14(13-6-4-3-5-7-13)8-9-18(16)25-20(22)17(15)12-21/h3-10,15H,2,11,22H2,1H3. The smallest absolute Gasteiger partial charge is 0.306 e. The topological polar surface area (TPSA) is 85.3 Å². The second-order valence-electron chi connectivity index (χ2n) is 5.67. The molecule has 0 aromatic heterocycles. The van der Waals surface area contributed by atoms with E-state index >= 15 is 0 Å². The summed E-state index contributed by atoms with van der Waals surface area (Å²) in [6.07, 6.45) is 0.0477. The van der Waals surface area contributed by atoms with Crippen LogP contribution in [0.15, 0.2) is 60.0 Å². The van der Waals surface area contributed by atoms with Crippen molar-refractivity contribution in [1.82, 2.24) is 0 Å². The molecule has 0 saturated heterocycles. The molecule has 0 spiro atoms. The van der Waals surface area contributed by atoms with Crippen LogP contribution in [0.5, 0.6) is 5.75 Å². The van der Waals surface area contributed by atoms with E-state index < -0.39 is 5.92 Å². The van der Waals surface area contributed by atoms with Crippen LogP contribution < -0.4 is 10.5 Å². The Morgan fingerprint density at radius 1 is 1.24 bits per heavy atom. The lowest BCUT2D eigenvalue weighted by atomic mass is 9.85. The average molecular weight is 334 g/mol. The number of fused-ring (bicyclic) bond motifs is 1. The Labute approximate surface area is 146 Å². The molecule has 3 rings (SSSR count). The molecule has 1 atom stereocenters. The van der Waals surface area contributed by atoms with Gasteiger partial charge < -0.3 is 15.2 Å². The fourth-order valence-corrected chi connectivity index (χ4v) is 2.96. The normalized spacial score (nSPS) is 15.8. The molecule has 1 aliphatic rings. The van der Waals surface area contributed by atoms with Crippen LogP contribution in [0.1, 0.15) is 24.8 Å². The van der Waals surface area contributed by atoms with Crippen molar-refractivity contribution in [2.24, 2.45) is 5.73 Å². The second kappa shape index (κ2) is 7.10. The fraction of sp³-hybridized carbons (Fsp3) is 0.200. The first-order chi connectivity index (χ1) is 12.1. The summed E-state index contributed by atoms with van der Waals surface area (Å²) in [6, 6.07) is 17.6. The minimum Gasteiger partial charge on any atom is -0.466 e. The molecule has 0 fully saturated rings. The summed E-state index contributed by atoms with van der Waals surface area (Å²) in [7, 11) is 0. The first-order valence-corrected chi connectivity index (χ1v) is 8.06. The van der Waals surface area contributed by atoms with Crippen molar-refractivity contribution in [3.63, 3.8) is 0 Å². The van der Waals surface area contributed by atoms with Crippen molar-refractivity contribution in [3.05, 3.63) is 65.6 Å². The summed E-state index contributed by atoms with van der Waals surface area (Å²) >= 11 is 0. The van der Waals surface area contributed by atoms with Gasteiger partial charge in [-0.15, -0.1) is 0 Å². The molecule has 1 unspecified atom stereocenters. The number of carbonyl (C=O) groups is 1. The summed E-state index contributed by atoms with van der Waals surface area (Å²) in [5, 5.41) is 9.47. The maximum absolute atomic E-state index is 12.0. The Kier molecular flexibility index (Phi) is 4.71. The number of nitriles is 1. The number of hydrogen-bond donors (Lipinski definition) is 1. The summed E-state index contributed by atoms with van der Waals surface area (Å²) in [5.74, 6) is -0.246. The molecule has 25 heavy (non-hydrogen) atoms. The molecule has 5 nitrogen and oxygen atoms in total.